The van der Waals surface area contributed by atoms with Crippen molar-refractivity contribution in [1.82, 2.24) is 10.2 Å². The molecule has 110 valence electrons. The van der Waals surface area contributed by atoms with E-state index in [2.05, 4.69) is 10.6 Å². The molecule has 21 heavy (non-hydrogen) atoms. The highest BCUT2D eigenvalue weighted by Gasteiger charge is 2.15. The molecule has 1 aliphatic rings. The molecule has 0 bridgehead atoms. The summed E-state index contributed by atoms with van der Waals surface area (Å²) >= 11 is 11.9. The van der Waals surface area contributed by atoms with Gasteiger partial charge in [0.15, 0.2) is 0 Å². The van der Waals surface area contributed by atoms with Crippen molar-refractivity contribution in [1.29, 1.82) is 5.26 Å². The number of rotatable bonds is 3. The third kappa shape index (κ3) is 4.11. The molecule has 0 saturated carbocycles. The first-order valence-electron chi connectivity index (χ1n) is 6.44. The zero-order valence-corrected chi connectivity index (χ0v) is 12.7. The molecule has 0 radical (unpaired) electrons. The van der Waals surface area contributed by atoms with Crippen LogP contribution in [-0.4, -0.2) is 37.0 Å². The van der Waals surface area contributed by atoms with E-state index < -0.39 is 5.91 Å². The summed E-state index contributed by atoms with van der Waals surface area (Å²) in [5.74, 6) is -0.500. The molecule has 1 saturated heterocycles. The number of nitrogens with zero attached hydrogens (tertiary/aromatic N) is 2. The lowest BCUT2D eigenvalue weighted by Crippen LogP contribution is -2.41. The molecule has 7 heteroatoms. The first-order valence-corrected chi connectivity index (χ1v) is 7.19. The van der Waals surface area contributed by atoms with Gasteiger partial charge in [-0.05, 0) is 12.1 Å². The second kappa shape index (κ2) is 7.32. The van der Waals surface area contributed by atoms with Crippen LogP contribution in [0.5, 0.6) is 0 Å². The van der Waals surface area contributed by atoms with Crippen molar-refractivity contribution < 1.29 is 4.79 Å². The standard InChI is InChI=1S/C14H14Cl2N4O/c15-11-2-1-3-12(13(11)16)19-14(21)10(8-17)9-20-6-4-18-5-7-20/h1-3,9,18H,4-7H2,(H,19,21)/b10-9-. The van der Waals surface area contributed by atoms with Crippen LogP contribution in [0.2, 0.25) is 10.0 Å². The SMILES string of the molecule is N#C/C(=C/N1CCNCC1)C(=O)Nc1cccc(Cl)c1Cl. The van der Waals surface area contributed by atoms with Gasteiger partial charge in [0.2, 0.25) is 0 Å². The van der Waals surface area contributed by atoms with E-state index in [1.54, 1.807) is 24.4 Å². The van der Waals surface area contributed by atoms with Crippen molar-refractivity contribution in [2.24, 2.45) is 0 Å². The summed E-state index contributed by atoms with van der Waals surface area (Å²) < 4.78 is 0. The molecule has 2 rings (SSSR count). The molecule has 2 N–H and O–H groups in total. The first kappa shape index (κ1) is 15.6. The Hall–Kier alpha value is -1.74. The van der Waals surface area contributed by atoms with E-state index >= 15 is 0 Å². The summed E-state index contributed by atoms with van der Waals surface area (Å²) in [7, 11) is 0. The highest BCUT2D eigenvalue weighted by molar-refractivity contribution is 6.44. The molecule has 5 nitrogen and oxygen atoms in total. The quantitative estimate of drug-likeness (QED) is 0.661. The Labute approximate surface area is 133 Å². The zero-order valence-electron chi connectivity index (χ0n) is 11.2. The fourth-order valence-electron chi connectivity index (χ4n) is 1.92. The number of nitriles is 1. The van der Waals surface area contributed by atoms with Gasteiger partial charge >= 0.3 is 0 Å². The predicted octanol–water partition coefficient (Wildman–Crippen LogP) is 2.24. The predicted molar refractivity (Wildman–Crippen MR) is 83.2 cm³/mol. The van der Waals surface area contributed by atoms with Gasteiger partial charge < -0.3 is 15.5 Å². The Morgan fingerprint density at radius 3 is 2.76 bits per heavy atom. The van der Waals surface area contributed by atoms with Crippen LogP contribution in [0.15, 0.2) is 30.0 Å². The largest absolute Gasteiger partial charge is 0.374 e. The van der Waals surface area contributed by atoms with Gasteiger partial charge in [0.05, 0.1) is 15.7 Å². The van der Waals surface area contributed by atoms with Crippen molar-refractivity contribution in [2.45, 2.75) is 0 Å². The van der Waals surface area contributed by atoms with E-state index in [0.29, 0.717) is 10.7 Å². The second-order valence-corrected chi connectivity index (χ2v) is 5.28. The Morgan fingerprint density at radius 1 is 1.38 bits per heavy atom. The fourth-order valence-corrected chi connectivity index (χ4v) is 2.27. The molecule has 1 aromatic rings. The lowest BCUT2D eigenvalue weighted by Gasteiger charge is -2.26. The van der Waals surface area contributed by atoms with Crippen LogP contribution in [-0.2, 0) is 4.79 Å². The number of halogens is 2. The van der Waals surface area contributed by atoms with Crippen LogP contribution in [0.4, 0.5) is 5.69 Å². The van der Waals surface area contributed by atoms with E-state index in [9.17, 15) is 4.79 Å². The number of hydrogen-bond acceptors (Lipinski definition) is 4. The normalized spacial score (nSPS) is 15.5. The minimum atomic E-state index is -0.500. The number of nitrogens with one attached hydrogen (secondary N) is 2. The molecule has 0 atom stereocenters. The zero-order chi connectivity index (χ0) is 15.2. The van der Waals surface area contributed by atoms with Gasteiger partial charge in [-0.25, -0.2) is 0 Å². The van der Waals surface area contributed by atoms with Crippen LogP contribution in [0.1, 0.15) is 0 Å². The Morgan fingerprint density at radius 2 is 2.10 bits per heavy atom. The monoisotopic (exact) mass is 324 g/mol. The first-order chi connectivity index (χ1) is 10.1. The van der Waals surface area contributed by atoms with Crippen molar-refractivity contribution in [3.05, 3.63) is 40.0 Å². The molecule has 0 aliphatic carbocycles. The van der Waals surface area contributed by atoms with Crippen LogP contribution < -0.4 is 10.6 Å². The van der Waals surface area contributed by atoms with Crippen LogP contribution >= 0.6 is 23.2 Å². The Bertz CT molecular complexity index is 603. The van der Waals surface area contributed by atoms with Crippen LogP contribution in [0.25, 0.3) is 0 Å². The van der Waals surface area contributed by atoms with E-state index in [4.69, 9.17) is 28.5 Å². The number of amides is 1. The number of benzene rings is 1. The molecular weight excluding hydrogens is 311 g/mol. The smallest absolute Gasteiger partial charge is 0.267 e. The van der Waals surface area contributed by atoms with Gasteiger partial charge in [0, 0.05) is 32.4 Å². The summed E-state index contributed by atoms with van der Waals surface area (Å²) in [6, 6.07) is 6.85. The maximum Gasteiger partial charge on any atom is 0.267 e. The van der Waals surface area contributed by atoms with Crippen molar-refractivity contribution >= 4 is 34.8 Å². The fraction of sp³-hybridized carbons (Fsp3) is 0.286. The summed E-state index contributed by atoms with van der Waals surface area (Å²) in [6.07, 6.45) is 1.58. The van der Waals surface area contributed by atoms with Gasteiger partial charge in [-0.2, -0.15) is 5.26 Å². The number of piperazine rings is 1. The van der Waals surface area contributed by atoms with Crippen LogP contribution in [0, 0.1) is 11.3 Å². The van der Waals surface area contributed by atoms with Gasteiger partial charge in [-0.1, -0.05) is 29.3 Å². The average Bonchev–Trinajstić information content (AvgIpc) is 2.50. The average molecular weight is 325 g/mol. The number of carbonyl (C=O) groups is 1. The van der Waals surface area contributed by atoms with E-state index in [1.165, 1.54) is 0 Å². The Balaban J connectivity index is 2.11. The molecule has 1 aromatic carbocycles. The van der Waals surface area contributed by atoms with Crippen LogP contribution in [0.3, 0.4) is 0 Å². The molecule has 0 spiro atoms. The van der Waals surface area contributed by atoms with Gasteiger partial charge in [-0.15, -0.1) is 0 Å². The number of anilines is 1. The maximum absolute atomic E-state index is 12.1. The summed E-state index contributed by atoms with van der Waals surface area (Å²) in [4.78, 5) is 14.1. The number of hydrogen-bond donors (Lipinski definition) is 2. The van der Waals surface area contributed by atoms with E-state index in [1.807, 2.05) is 11.0 Å². The third-order valence-electron chi connectivity index (χ3n) is 3.03. The topological polar surface area (TPSA) is 68.2 Å². The molecule has 0 unspecified atom stereocenters. The summed E-state index contributed by atoms with van der Waals surface area (Å²) in [5, 5.41) is 15.6. The molecule has 0 aromatic heterocycles. The van der Waals surface area contributed by atoms with E-state index in [-0.39, 0.29) is 10.6 Å². The molecule has 1 amide bonds. The maximum atomic E-state index is 12.1. The van der Waals surface area contributed by atoms with Crippen molar-refractivity contribution in [3.8, 4) is 6.07 Å². The molecule has 1 fully saturated rings. The lowest BCUT2D eigenvalue weighted by atomic mass is 10.2. The highest BCUT2D eigenvalue weighted by atomic mass is 35.5. The highest BCUT2D eigenvalue weighted by Crippen LogP contribution is 2.29. The minimum Gasteiger partial charge on any atom is -0.374 e. The van der Waals surface area contributed by atoms with Crippen molar-refractivity contribution in [2.75, 3.05) is 31.5 Å². The van der Waals surface area contributed by atoms with E-state index in [0.717, 1.165) is 26.2 Å². The third-order valence-corrected chi connectivity index (χ3v) is 3.85. The molecular formula is C14H14Cl2N4O. The summed E-state index contributed by atoms with van der Waals surface area (Å²) in [5.41, 5.74) is 0.420. The van der Waals surface area contributed by atoms with Gasteiger partial charge in [0.25, 0.3) is 5.91 Å². The second-order valence-electron chi connectivity index (χ2n) is 4.50. The van der Waals surface area contributed by atoms with Gasteiger partial charge in [-0.3, -0.25) is 4.79 Å². The number of carbonyl (C=O) groups excluding carboxylic acids is 1. The minimum absolute atomic E-state index is 0.0351. The summed E-state index contributed by atoms with van der Waals surface area (Å²) in [6.45, 7) is 3.18. The lowest BCUT2D eigenvalue weighted by molar-refractivity contribution is -0.112. The Kier molecular flexibility index (Phi) is 5.45. The van der Waals surface area contributed by atoms with Crippen molar-refractivity contribution in [3.63, 3.8) is 0 Å². The molecule has 1 heterocycles. The van der Waals surface area contributed by atoms with Gasteiger partial charge in [0.1, 0.15) is 11.6 Å². The molecule has 1 aliphatic heterocycles.